The molecule has 1 heterocycles. The first-order chi connectivity index (χ1) is 6.27. The van der Waals surface area contributed by atoms with Crippen molar-refractivity contribution in [3.8, 4) is 0 Å². The van der Waals surface area contributed by atoms with Crippen LogP contribution in [-0.2, 0) is 11.2 Å². The summed E-state index contributed by atoms with van der Waals surface area (Å²) >= 11 is 1.58. The molecule has 0 spiro atoms. The second-order valence-corrected chi connectivity index (χ2v) is 4.34. The number of thiophene rings is 1. The second kappa shape index (κ2) is 3.60. The van der Waals surface area contributed by atoms with Crippen molar-refractivity contribution in [3.05, 3.63) is 22.4 Å². The average Bonchev–Trinajstić information content (AvgIpc) is 2.85. The van der Waals surface area contributed by atoms with Crippen molar-refractivity contribution in [2.75, 3.05) is 0 Å². The predicted molar refractivity (Wildman–Crippen MR) is 51.8 cm³/mol. The lowest BCUT2D eigenvalue weighted by atomic mass is 10.1. The van der Waals surface area contributed by atoms with Gasteiger partial charge in [-0.3, -0.25) is 4.79 Å². The topological polar surface area (TPSA) is 37.3 Å². The fraction of sp³-hybridized carbons (Fsp3) is 0.500. The molecule has 3 heteroatoms. The summed E-state index contributed by atoms with van der Waals surface area (Å²) in [6.45, 7) is 0. The van der Waals surface area contributed by atoms with E-state index in [4.69, 9.17) is 0 Å². The van der Waals surface area contributed by atoms with Crippen molar-refractivity contribution >= 4 is 17.1 Å². The van der Waals surface area contributed by atoms with Gasteiger partial charge in [0.1, 0.15) is 6.10 Å². The zero-order chi connectivity index (χ0) is 9.26. The molecule has 1 aromatic rings. The van der Waals surface area contributed by atoms with Crippen LogP contribution in [0.25, 0.3) is 0 Å². The van der Waals surface area contributed by atoms with Crippen molar-refractivity contribution in [2.24, 2.45) is 5.92 Å². The summed E-state index contributed by atoms with van der Waals surface area (Å²) in [7, 11) is 0. The zero-order valence-corrected chi connectivity index (χ0v) is 8.09. The molecule has 70 valence electrons. The molecule has 1 aliphatic carbocycles. The van der Waals surface area contributed by atoms with E-state index in [2.05, 4.69) is 0 Å². The van der Waals surface area contributed by atoms with Gasteiger partial charge >= 0.3 is 0 Å². The van der Waals surface area contributed by atoms with E-state index in [9.17, 15) is 9.90 Å². The second-order valence-electron chi connectivity index (χ2n) is 3.56. The molecule has 0 bridgehead atoms. The summed E-state index contributed by atoms with van der Waals surface area (Å²) < 4.78 is 0. The van der Waals surface area contributed by atoms with E-state index >= 15 is 0 Å². The molecule has 2 rings (SSSR count). The summed E-state index contributed by atoms with van der Waals surface area (Å²) in [5.41, 5.74) is 1.02. The SMILES string of the molecule is O=C(Cc1ccsc1)C(O)C1CC1. The molecule has 0 saturated heterocycles. The van der Waals surface area contributed by atoms with Crippen LogP contribution in [0.3, 0.4) is 0 Å². The lowest BCUT2D eigenvalue weighted by molar-refractivity contribution is -0.127. The molecule has 1 aliphatic rings. The predicted octanol–water partition coefficient (Wildman–Crippen LogP) is 1.63. The molecule has 0 amide bonds. The average molecular weight is 196 g/mol. The number of carbonyl (C=O) groups is 1. The van der Waals surface area contributed by atoms with Gasteiger partial charge < -0.3 is 5.11 Å². The van der Waals surface area contributed by atoms with Crippen molar-refractivity contribution in [2.45, 2.75) is 25.4 Å². The molecule has 0 radical (unpaired) electrons. The van der Waals surface area contributed by atoms with Gasteiger partial charge in [0.2, 0.25) is 0 Å². The Balaban J connectivity index is 1.90. The van der Waals surface area contributed by atoms with Gasteiger partial charge in [0.25, 0.3) is 0 Å². The van der Waals surface area contributed by atoms with Crippen molar-refractivity contribution in [3.63, 3.8) is 0 Å². The number of rotatable bonds is 4. The Hall–Kier alpha value is -0.670. The third kappa shape index (κ3) is 2.17. The summed E-state index contributed by atoms with van der Waals surface area (Å²) in [5.74, 6) is 0.229. The van der Waals surface area contributed by atoms with Crippen LogP contribution in [0, 0.1) is 5.92 Å². The fourth-order valence-electron chi connectivity index (χ4n) is 1.37. The van der Waals surface area contributed by atoms with Gasteiger partial charge in [-0.25, -0.2) is 0 Å². The van der Waals surface area contributed by atoms with Crippen LogP contribution in [0.2, 0.25) is 0 Å². The minimum absolute atomic E-state index is 0.0269. The Kier molecular flexibility index (Phi) is 2.47. The minimum atomic E-state index is -0.708. The molecular weight excluding hydrogens is 184 g/mol. The van der Waals surface area contributed by atoms with Gasteiger partial charge in [0.05, 0.1) is 0 Å². The van der Waals surface area contributed by atoms with Gasteiger partial charge in [-0.1, -0.05) is 0 Å². The molecule has 0 aromatic carbocycles. The highest BCUT2D eigenvalue weighted by Crippen LogP contribution is 2.33. The first-order valence-corrected chi connectivity index (χ1v) is 5.43. The Morgan fingerprint density at radius 3 is 3.00 bits per heavy atom. The maximum atomic E-state index is 11.4. The summed E-state index contributed by atoms with van der Waals surface area (Å²) in [6.07, 6.45) is 1.70. The molecule has 1 N–H and O–H groups in total. The van der Waals surface area contributed by atoms with Crippen LogP contribution in [0.4, 0.5) is 0 Å². The Morgan fingerprint density at radius 1 is 1.69 bits per heavy atom. The molecule has 1 atom stereocenters. The third-order valence-electron chi connectivity index (χ3n) is 2.36. The number of hydrogen-bond acceptors (Lipinski definition) is 3. The van der Waals surface area contributed by atoms with E-state index < -0.39 is 6.10 Å². The smallest absolute Gasteiger partial charge is 0.165 e. The van der Waals surface area contributed by atoms with Crippen LogP contribution in [0.1, 0.15) is 18.4 Å². The summed E-state index contributed by atoms with van der Waals surface area (Å²) in [4.78, 5) is 11.4. The van der Waals surface area contributed by atoms with Crippen molar-refractivity contribution in [1.82, 2.24) is 0 Å². The van der Waals surface area contributed by atoms with Crippen LogP contribution >= 0.6 is 11.3 Å². The lowest BCUT2D eigenvalue weighted by Gasteiger charge is -2.06. The maximum absolute atomic E-state index is 11.4. The lowest BCUT2D eigenvalue weighted by Crippen LogP contribution is -2.23. The third-order valence-corrected chi connectivity index (χ3v) is 3.09. The molecule has 1 unspecified atom stereocenters. The van der Waals surface area contributed by atoms with Crippen molar-refractivity contribution < 1.29 is 9.90 Å². The number of hydrogen-bond donors (Lipinski definition) is 1. The van der Waals surface area contributed by atoms with E-state index in [0.717, 1.165) is 18.4 Å². The van der Waals surface area contributed by atoms with E-state index in [-0.39, 0.29) is 11.7 Å². The van der Waals surface area contributed by atoms with Crippen LogP contribution < -0.4 is 0 Å². The number of aliphatic hydroxyl groups excluding tert-OH is 1. The molecular formula is C10H12O2S. The van der Waals surface area contributed by atoms with Crippen LogP contribution in [0.5, 0.6) is 0 Å². The maximum Gasteiger partial charge on any atom is 0.165 e. The number of ketones is 1. The minimum Gasteiger partial charge on any atom is -0.385 e. The highest BCUT2D eigenvalue weighted by Gasteiger charge is 2.34. The standard InChI is InChI=1S/C10H12O2S/c11-9(10(12)8-1-2-8)5-7-3-4-13-6-7/h3-4,6,8,10,12H,1-2,5H2. The largest absolute Gasteiger partial charge is 0.385 e. The van der Waals surface area contributed by atoms with E-state index in [0.29, 0.717) is 6.42 Å². The van der Waals surface area contributed by atoms with Gasteiger partial charge in [-0.05, 0) is 41.1 Å². The van der Waals surface area contributed by atoms with Gasteiger partial charge in [0.15, 0.2) is 5.78 Å². The zero-order valence-electron chi connectivity index (χ0n) is 7.27. The molecule has 1 saturated carbocycles. The van der Waals surface area contributed by atoms with Gasteiger partial charge in [0, 0.05) is 6.42 Å². The first kappa shape index (κ1) is 8.91. The molecule has 13 heavy (non-hydrogen) atoms. The van der Waals surface area contributed by atoms with Gasteiger partial charge in [-0.2, -0.15) is 11.3 Å². The molecule has 0 aliphatic heterocycles. The fourth-order valence-corrected chi connectivity index (χ4v) is 2.04. The van der Waals surface area contributed by atoms with E-state index in [1.54, 1.807) is 11.3 Å². The van der Waals surface area contributed by atoms with Crippen LogP contribution in [-0.4, -0.2) is 17.0 Å². The highest BCUT2D eigenvalue weighted by molar-refractivity contribution is 7.07. The number of carbonyl (C=O) groups excluding carboxylic acids is 1. The summed E-state index contributed by atoms with van der Waals surface area (Å²) in [5, 5.41) is 13.4. The Labute approximate surface area is 81.2 Å². The molecule has 2 nitrogen and oxygen atoms in total. The number of Topliss-reactive ketones (excluding diaryl/α,β-unsaturated/α-hetero) is 1. The normalized spacial score (nSPS) is 18.5. The highest BCUT2D eigenvalue weighted by atomic mass is 32.1. The molecule has 1 fully saturated rings. The van der Waals surface area contributed by atoms with E-state index in [1.165, 1.54) is 0 Å². The van der Waals surface area contributed by atoms with E-state index in [1.807, 2.05) is 16.8 Å². The van der Waals surface area contributed by atoms with Crippen LogP contribution in [0.15, 0.2) is 16.8 Å². The first-order valence-electron chi connectivity index (χ1n) is 4.49. The monoisotopic (exact) mass is 196 g/mol. The summed E-state index contributed by atoms with van der Waals surface area (Å²) in [6, 6.07) is 1.93. The Morgan fingerprint density at radius 2 is 2.46 bits per heavy atom. The van der Waals surface area contributed by atoms with Crippen molar-refractivity contribution in [1.29, 1.82) is 0 Å². The molecule has 1 aromatic heterocycles. The quantitative estimate of drug-likeness (QED) is 0.794. The number of aliphatic hydroxyl groups is 1. The van der Waals surface area contributed by atoms with Gasteiger partial charge in [-0.15, -0.1) is 0 Å². The Bertz CT molecular complexity index is 288.